The molecule has 0 bridgehead atoms. The SMILES string of the molecule is C#CCCCCNC(N)=NCCC. The van der Waals surface area contributed by atoms with Crippen LogP contribution >= 0.6 is 0 Å². The second-order valence-electron chi connectivity index (χ2n) is 2.85. The third kappa shape index (κ3) is 8.74. The smallest absolute Gasteiger partial charge is 0.188 e. The van der Waals surface area contributed by atoms with Gasteiger partial charge in [-0.3, -0.25) is 4.99 Å². The molecule has 13 heavy (non-hydrogen) atoms. The van der Waals surface area contributed by atoms with Crippen molar-refractivity contribution in [1.82, 2.24) is 5.32 Å². The van der Waals surface area contributed by atoms with Crippen molar-refractivity contribution in [2.45, 2.75) is 32.6 Å². The first-order valence-electron chi connectivity index (χ1n) is 4.78. The minimum absolute atomic E-state index is 0.544. The summed E-state index contributed by atoms with van der Waals surface area (Å²) in [6, 6.07) is 0. The molecule has 0 aromatic carbocycles. The fourth-order valence-corrected chi connectivity index (χ4v) is 0.857. The quantitative estimate of drug-likeness (QED) is 0.279. The molecule has 0 unspecified atom stereocenters. The van der Waals surface area contributed by atoms with Crippen molar-refractivity contribution < 1.29 is 0 Å². The summed E-state index contributed by atoms with van der Waals surface area (Å²) in [7, 11) is 0. The van der Waals surface area contributed by atoms with Gasteiger partial charge in [-0.25, -0.2) is 0 Å². The molecule has 0 spiro atoms. The molecule has 3 N–H and O–H groups in total. The van der Waals surface area contributed by atoms with Crippen molar-refractivity contribution in [2.75, 3.05) is 13.1 Å². The van der Waals surface area contributed by atoms with Gasteiger partial charge in [0.15, 0.2) is 5.96 Å². The summed E-state index contributed by atoms with van der Waals surface area (Å²) in [5, 5.41) is 3.04. The van der Waals surface area contributed by atoms with Crippen LogP contribution in [0.2, 0.25) is 0 Å². The number of nitrogens with two attached hydrogens (primary N) is 1. The van der Waals surface area contributed by atoms with Crippen LogP contribution in [0.25, 0.3) is 0 Å². The standard InChI is InChI=1S/C10H19N3/c1-3-5-6-7-9-13-10(11)12-8-4-2/h1H,4-9H2,2H3,(H3,11,12,13). The Morgan fingerprint density at radius 2 is 2.31 bits per heavy atom. The summed E-state index contributed by atoms with van der Waals surface area (Å²) in [5.41, 5.74) is 5.57. The van der Waals surface area contributed by atoms with E-state index in [0.29, 0.717) is 5.96 Å². The molecule has 0 atom stereocenters. The van der Waals surface area contributed by atoms with Crippen LogP contribution in [-0.4, -0.2) is 19.0 Å². The van der Waals surface area contributed by atoms with E-state index in [1.54, 1.807) is 0 Å². The summed E-state index contributed by atoms with van der Waals surface area (Å²) in [6.07, 6.45) is 9.08. The average molecular weight is 181 g/mol. The molecule has 0 aromatic rings. The zero-order valence-corrected chi connectivity index (χ0v) is 8.34. The molecule has 0 aliphatic heterocycles. The van der Waals surface area contributed by atoms with Gasteiger partial charge < -0.3 is 11.1 Å². The molecule has 0 heterocycles. The predicted octanol–water partition coefficient (Wildman–Crippen LogP) is 1.10. The molecule has 0 amide bonds. The second-order valence-corrected chi connectivity index (χ2v) is 2.85. The van der Waals surface area contributed by atoms with Crippen molar-refractivity contribution >= 4 is 5.96 Å². The third-order valence-electron chi connectivity index (χ3n) is 1.56. The number of nitrogens with one attached hydrogen (secondary N) is 1. The number of hydrogen-bond acceptors (Lipinski definition) is 1. The Morgan fingerprint density at radius 3 is 2.92 bits per heavy atom. The fraction of sp³-hybridized carbons (Fsp3) is 0.700. The summed E-state index contributed by atoms with van der Waals surface area (Å²) in [5.74, 6) is 3.14. The van der Waals surface area contributed by atoms with Gasteiger partial charge in [0.1, 0.15) is 0 Å². The third-order valence-corrected chi connectivity index (χ3v) is 1.56. The van der Waals surface area contributed by atoms with Gasteiger partial charge in [0.25, 0.3) is 0 Å². The van der Waals surface area contributed by atoms with Gasteiger partial charge in [0, 0.05) is 19.5 Å². The van der Waals surface area contributed by atoms with Crippen LogP contribution in [0.4, 0.5) is 0 Å². The second kappa shape index (κ2) is 8.92. The first kappa shape index (κ1) is 11.8. The summed E-state index contributed by atoms with van der Waals surface area (Å²) < 4.78 is 0. The van der Waals surface area contributed by atoms with E-state index >= 15 is 0 Å². The average Bonchev–Trinajstić information content (AvgIpc) is 2.14. The lowest BCUT2D eigenvalue weighted by molar-refractivity contribution is 0.721. The lowest BCUT2D eigenvalue weighted by Crippen LogP contribution is -2.32. The Kier molecular flexibility index (Phi) is 8.12. The molecule has 0 fully saturated rings. The molecule has 0 saturated carbocycles. The van der Waals surface area contributed by atoms with Gasteiger partial charge in [0.2, 0.25) is 0 Å². The highest BCUT2D eigenvalue weighted by atomic mass is 15.1. The van der Waals surface area contributed by atoms with Gasteiger partial charge in [-0.2, -0.15) is 0 Å². The van der Waals surface area contributed by atoms with Gasteiger partial charge in [-0.15, -0.1) is 12.3 Å². The molecular weight excluding hydrogens is 162 g/mol. The van der Waals surface area contributed by atoms with E-state index in [1.807, 2.05) is 0 Å². The molecule has 0 saturated heterocycles. The molecule has 0 radical (unpaired) electrons. The van der Waals surface area contributed by atoms with Crippen LogP contribution in [0.5, 0.6) is 0 Å². The Morgan fingerprint density at radius 1 is 1.54 bits per heavy atom. The van der Waals surface area contributed by atoms with E-state index < -0.39 is 0 Å². The molecule has 3 nitrogen and oxygen atoms in total. The van der Waals surface area contributed by atoms with E-state index in [2.05, 4.69) is 23.2 Å². The number of aliphatic imine (C=N–C) groups is 1. The molecular formula is C10H19N3. The largest absolute Gasteiger partial charge is 0.370 e. The molecule has 0 aromatic heterocycles. The number of rotatable bonds is 6. The van der Waals surface area contributed by atoms with E-state index in [0.717, 1.165) is 38.8 Å². The highest BCUT2D eigenvalue weighted by Gasteiger charge is 1.89. The van der Waals surface area contributed by atoms with E-state index in [-0.39, 0.29) is 0 Å². The van der Waals surface area contributed by atoms with Crippen LogP contribution in [0.15, 0.2) is 4.99 Å². The maximum atomic E-state index is 5.57. The van der Waals surface area contributed by atoms with Crippen molar-refractivity contribution in [3.63, 3.8) is 0 Å². The monoisotopic (exact) mass is 181 g/mol. The lowest BCUT2D eigenvalue weighted by atomic mass is 10.2. The first-order chi connectivity index (χ1) is 6.31. The number of guanidine groups is 1. The summed E-state index contributed by atoms with van der Waals surface area (Å²) in [6.45, 7) is 3.73. The fourth-order valence-electron chi connectivity index (χ4n) is 0.857. The van der Waals surface area contributed by atoms with Crippen LogP contribution in [0.3, 0.4) is 0 Å². The number of hydrogen-bond donors (Lipinski definition) is 2. The van der Waals surface area contributed by atoms with E-state index in [4.69, 9.17) is 12.2 Å². The van der Waals surface area contributed by atoms with Crippen LogP contribution in [-0.2, 0) is 0 Å². The number of terminal acetylenes is 1. The van der Waals surface area contributed by atoms with Crippen molar-refractivity contribution in [3.05, 3.63) is 0 Å². The van der Waals surface area contributed by atoms with Crippen LogP contribution in [0, 0.1) is 12.3 Å². The Labute approximate surface area is 80.8 Å². The first-order valence-corrected chi connectivity index (χ1v) is 4.78. The molecule has 0 aliphatic carbocycles. The van der Waals surface area contributed by atoms with Crippen molar-refractivity contribution in [2.24, 2.45) is 10.7 Å². The zero-order chi connectivity index (χ0) is 9.94. The maximum absolute atomic E-state index is 5.57. The molecule has 74 valence electrons. The molecule has 0 aliphatic rings. The van der Waals surface area contributed by atoms with Crippen molar-refractivity contribution in [1.29, 1.82) is 0 Å². The highest BCUT2D eigenvalue weighted by molar-refractivity contribution is 5.77. The van der Waals surface area contributed by atoms with Gasteiger partial charge in [-0.1, -0.05) is 6.92 Å². The van der Waals surface area contributed by atoms with Crippen LogP contribution < -0.4 is 11.1 Å². The normalized spacial score (nSPS) is 10.9. The minimum Gasteiger partial charge on any atom is -0.370 e. The Hall–Kier alpha value is -1.17. The maximum Gasteiger partial charge on any atom is 0.188 e. The Bertz CT molecular complexity index is 179. The predicted molar refractivity (Wildman–Crippen MR) is 57.5 cm³/mol. The number of unbranched alkanes of at least 4 members (excludes halogenated alkanes) is 2. The van der Waals surface area contributed by atoms with Gasteiger partial charge in [0.05, 0.1) is 0 Å². The van der Waals surface area contributed by atoms with E-state index in [1.165, 1.54) is 0 Å². The van der Waals surface area contributed by atoms with Crippen molar-refractivity contribution in [3.8, 4) is 12.3 Å². The Balaban J connectivity index is 3.27. The number of nitrogens with zero attached hydrogens (tertiary/aromatic N) is 1. The topological polar surface area (TPSA) is 50.4 Å². The van der Waals surface area contributed by atoms with E-state index in [9.17, 15) is 0 Å². The van der Waals surface area contributed by atoms with Crippen LogP contribution in [0.1, 0.15) is 32.6 Å². The summed E-state index contributed by atoms with van der Waals surface area (Å²) >= 11 is 0. The minimum atomic E-state index is 0.544. The molecule has 0 rings (SSSR count). The lowest BCUT2D eigenvalue weighted by Gasteiger charge is -2.03. The van der Waals surface area contributed by atoms with Gasteiger partial charge in [-0.05, 0) is 19.3 Å². The van der Waals surface area contributed by atoms with Gasteiger partial charge >= 0.3 is 0 Å². The summed E-state index contributed by atoms with van der Waals surface area (Å²) in [4.78, 5) is 4.10. The highest BCUT2D eigenvalue weighted by Crippen LogP contribution is 1.90. The zero-order valence-electron chi connectivity index (χ0n) is 8.34. The molecule has 3 heteroatoms.